The van der Waals surface area contributed by atoms with Gasteiger partial charge in [0, 0.05) is 18.7 Å². The molecule has 1 N–H and O–H groups in total. The lowest BCUT2D eigenvalue weighted by Gasteiger charge is -2.32. The zero-order valence-corrected chi connectivity index (χ0v) is 21.3. The molecule has 0 saturated heterocycles. The number of hydrogen-bond donors (Lipinski definition) is 1. The van der Waals surface area contributed by atoms with Crippen LogP contribution in [0.1, 0.15) is 43.4 Å². The van der Waals surface area contributed by atoms with Gasteiger partial charge < -0.3 is 10.2 Å². The second kappa shape index (κ2) is 12.0. The van der Waals surface area contributed by atoms with Crippen molar-refractivity contribution >= 4 is 27.5 Å². The topological polar surface area (TPSA) is 86.8 Å². The van der Waals surface area contributed by atoms with Crippen molar-refractivity contribution in [1.29, 1.82) is 0 Å². The molecule has 0 heterocycles. The van der Waals surface area contributed by atoms with Gasteiger partial charge in [-0.05, 0) is 50.5 Å². The average Bonchev–Trinajstić information content (AvgIpc) is 2.77. The van der Waals surface area contributed by atoms with Crippen LogP contribution >= 0.6 is 0 Å². The van der Waals surface area contributed by atoms with Gasteiger partial charge in [0.15, 0.2) is 0 Å². The highest BCUT2D eigenvalue weighted by Gasteiger charge is 2.31. The second-order valence-electron chi connectivity index (χ2n) is 8.49. The van der Waals surface area contributed by atoms with Gasteiger partial charge in [-0.25, -0.2) is 12.8 Å². The molecule has 0 fully saturated rings. The van der Waals surface area contributed by atoms with Gasteiger partial charge in [-0.3, -0.25) is 13.9 Å². The monoisotopic (exact) mass is 491 g/mol. The summed E-state index contributed by atoms with van der Waals surface area (Å²) in [6.07, 6.45) is 2.71. The predicted molar refractivity (Wildman–Crippen MR) is 132 cm³/mol. The number of unbranched alkanes of at least 4 members (excludes halogenated alkanes) is 1. The van der Waals surface area contributed by atoms with Crippen molar-refractivity contribution in [3.63, 3.8) is 0 Å². The fraction of sp³-hybridized carbons (Fsp3) is 0.440. The van der Waals surface area contributed by atoms with Crippen molar-refractivity contribution in [2.24, 2.45) is 0 Å². The summed E-state index contributed by atoms with van der Waals surface area (Å²) in [6, 6.07) is 10.4. The molecule has 1 atom stereocenters. The van der Waals surface area contributed by atoms with Gasteiger partial charge in [0.1, 0.15) is 18.4 Å². The van der Waals surface area contributed by atoms with E-state index in [9.17, 15) is 22.4 Å². The molecule has 34 heavy (non-hydrogen) atoms. The van der Waals surface area contributed by atoms with E-state index in [1.807, 2.05) is 19.9 Å². The lowest BCUT2D eigenvalue weighted by molar-refractivity contribution is -0.139. The van der Waals surface area contributed by atoms with Gasteiger partial charge in [0.2, 0.25) is 21.8 Å². The lowest BCUT2D eigenvalue weighted by Crippen LogP contribution is -2.51. The lowest BCUT2D eigenvalue weighted by atomic mass is 10.1. The van der Waals surface area contributed by atoms with Crippen LogP contribution in [0, 0.1) is 19.7 Å². The molecule has 0 saturated carbocycles. The molecule has 9 heteroatoms. The van der Waals surface area contributed by atoms with E-state index in [1.54, 1.807) is 32.0 Å². The first-order valence-electron chi connectivity index (χ1n) is 11.3. The second-order valence-corrected chi connectivity index (χ2v) is 10.4. The molecule has 186 valence electrons. The van der Waals surface area contributed by atoms with Crippen LogP contribution < -0.4 is 9.62 Å². The SMILES string of the molecule is CCCCNC(=O)[C@H](C)N(Cc1ccccc1F)C(=O)CN(c1cc(C)ccc1C)S(C)(=O)=O. The number of rotatable bonds is 11. The van der Waals surface area contributed by atoms with Crippen LogP contribution in [0.2, 0.25) is 0 Å². The van der Waals surface area contributed by atoms with Gasteiger partial charge in [-0.2, -0.15) is 0 Å². The molecule has 0 bridgehead atoms. The van der Waals surface area contributed by atoms with Crippen LogP contribution in [-0.4, -0.2) is 50.5 Å². The Morgan fingerprint density at radius 2 is 1.79 bits per heavy atom. The molecule has 2 aromatic rings. The molecule has 2 aromatic carbocycles. The number of aryl methyl sites for hydroxylation is 2. The Kier molecular flexibility index (Phi) is 9.61. The number of carbonyl (C=O) groups excluding carboxylic acids is 2. The number of benzene rings is 2. The summed E-state index contributed by atoms with van der Waals surface area (Å²) in [5.41, 5.74) is 2.16. The Labute approximate surface area is 202 Å². The first-order valence-corrected chi connectivity index (χ1v) is 13.2. The molecule has 0 unspecified atom stereocenters. The summed E-state index contributed by atoms with van der Waals surface area (Å²) in [5.74, 6) is -1.49. The van der Waals surface area contributed by atoms with E-state index in [4.69, 9.17) is 0 Å². The van der Waals surface area contributed by atoms with E-state index in [0.29, 0.717) is 17.8 Å². The van der Waals surface area contributed by atoms with Crippen molar-refractivity contribution in [2.75, 3.05) is 23.7 Å². The van der Waals surface area contributed by atoms with Crippen LogP contribution in [-0.2, 0) is 26.2 Å². The number of nitrogens with zero attached hydrogens (tertiary/aromatic N) is 2. The summed E-state index contributed by atoms with van der Waals surface area (Å²) >= 11 is 0. The number of carbonyl (C=O) groups is 2. The minimum atomic E-state index is -3.82. The third-order valence-corrected chi connectivity index (χ3v) is 6.73. The summed E-state index contributed by atoms with van der Waals surface area (Å²) in [4.78, 5) is 27.5. The molecule has 0 aromatic heterocycles. The van der Waals surface area contributed by atoms with Crippen molar-refractivity contribution in [2.45, 2.75) is 53.1 Å². The maximum Gasteiger partial charge on any atom is 0.244 e. The molecule has 0 aliphatic rings. The molecule has 2 amide bonds. The van der Waals surface area contributed by atoms with Gasteiger partial charge in [-0.15, -0.1) is 0 Å². The average molecular weight is 492 g/mol. The molecular formula is C25H34FN3O4S. The number of anilines is 1. The molecule has 0 aliphatic heterocycles. The van der Waals surface area contributed by atoms with Crippen molar-refractivity contribution in [3.05, 3.63) is 65.0 Å². The Morgan fingerprint density at radius 1 is 1.12 bits per heavy atom. The summed E-state index contributed by atoms with van der Waals surface area (Å²) in [7, 11) is -3.82. The Balaban J connectivity index is 2.41. The van der Waals surface area contributed by atoms with Crippen LogP contribution in [0.25, 0.3) is 0 Å². The predicted octanol–water partition coefficient (Wildman–Crippen LogP) is 3.54. The molecular weight excluding hydrogens is 457 g/mol. The van der Waals surface area contributed by atoms with Crippen LogP contribution in [0.5, 0.6) is 0 Å². The largest absolute Gasteiger partial charge is 0.354 e. The maximum atomic E-state index is 14.4. The van der Waals surface area contributed by atoms with Crippen LogP contribution in [0.3, 0.4) is 0 Å². The maximum absolute atomic E-state index is 14.4. The standard InChI is InChI=1S/C25H34FN3O4S/c1-6-7-14-27-25(31)20(4)28(16-21-10-8-9-11-22(21)26)24(30)17-29(34(5,32)33)23-15-18(2)12-13-19(23)3/h8-13,15,20H,6-7,14,16-17H2,1-5H3,(H,27,31)/t20-/m0/s1. The smallest absolute Gasteiger partial charge is 0.244 e. The Hall–Kier alpha value is -2.94. The van der Waals surface area contributed by atoms with E-state index in [2.05, 4.69) is 5.32 Å². The number of sulfonamides is 1. The number of hydrogen-bond acceptors (Lipinski definition) is 4. The van der Waals surface area contributed by atoms with Crippen LogP contribution in [0.15, 0.2) is 42.5 Å². The fourth-order valence-corrected chi connectivity index (χ4v) is 4.41. The minimum absolute atomic E-state index is 0.168. The summed E-state index contributed by atoms with van der Waals surface area (Å²) < 4.78 is 40.8. The van der Waals surface area contributed by atoms with E-state index < -0.39 is 34.3 Å². The Morgan fingerprint density at radius 3 is 2.41 bits per heavy atom. The van der Waals surface area contributed by atoms with Gasteiger partial charge in [0.05, 0.1) is 11.9 Å². The van der Waals surface area contributed by atoms with E-state index in [1.165, 1.54) is 23.1 Å². The van der Waals surface area contributed by atoms with E-state index >= 15 is 0 Å². The molecule has 0 radical (unpaired) electrons. The van der Waals surface area contributed by atoms with Gasteiger partial charge >= 0.3 is 0 Å². The molecule has 0 aliphatic carbocycles. The van der Waals surface area contributed by atoms with Gasteiger partial charge in [0.25, 0.3) is 0 Å². The quantitative estimate of drug-likeness (QED) is 0.487. The molecule has 7 nitrogen and oxygen atoms in total. The molecule has 2 rings (SSSR count). The van der Waals surface area contributed by atoms with Crippen molar-refractivity contribution in [1.82, 2.24) is 10.2 Å². The summed E-state index contributed by atoms with van der Waals surface area (Å²) in [5, 5.41) is 2.79. The first-order chi connectivity index (χ1) is 16.0. The highest BCUT2D eigenvalue weighted by atomic mass is 32.2. The third kappa shape index (κ3) is 7.28. The summed E-state index contributed by atoms with van der Waals surface area (Å²) in [6.45, 7) is 6.93. The number of halogens is 1. The van der Waals surface area contributed by atoms with Crippen molar-refractivity contribution in [3.8, 4) is 0 Å². The van der Waals surface area contributed by atoms with Crippen LogP contribution in [0.4, 0.5) is 10.1 Å². The zero-order valence-electron chi connectivity index (χ0n) is 20.5. The zero-order chi connectivity index (χ0) is 25.5. The molecule has 0 spiro atoms. The highest BCUT2D eigenvalue weighted by molar-refractivity contribution is 7.92. The third-order valence-electron chi connectivity index (χ3n) is 5.61. The first kappa shape index (κ1) is 27.3. The van der Waals surface area contributed by atoms with Crippen molar-refractivity contribution < 1.29 is 22.4 Å². The highest BCUT2D eigenvalue weighted by Crippen LogP contribution is 2.24. The number of amides is 2. The number of nitrogens with one attached hydrogen (secondary N) is 1. The fourth-order valence-electron chi connectivity index (χ4n) is 3.51. The normalized spacial score (nSPS) is 12.2. The Bertz CT molecular complexity index is 1120. The van der Waals surface area contributed by atoms with E-state index in [-0.39, 0.29) is 18.0 Å². The van der Waals surface area contributed by atoms with E-state index in [0.717, 1.165) is 29.0 Å². The van der Waals surface area contributed by atoms with Gasteiger partial charge in [-0.1, -0.05) is 43.7 Å². The minimum Gasteiger partial charge on any atom is -0.354 e.